The number of rotatable bonds is 7. The van der Waals surface area contributed by atoms with Gasteiger partial charge in [0.05, 0.1) is 35.9 Å². The van der Waals surface area contributed by atoms with Gasteiger partial charge in [0.15, 0.2) is 6.29 Å². The van der Waals surface area contributed by atoms with E-state index in [0.717, 1.165) is 38.5 Å². The van der Waals surface area contributed by atoms with E-state index in [1.165, 1.54) is 19.3 Å². The van der Waals surface area contributed by atoms with Crippen LogP contribution >= 0.6 is 0 Å². The number of fused-ring (bicyclic) bond motifs is 2. The van der Waals surface area contributed by atoms with Crippen molar-refractivity contribution in [1.29, 1.82) is 0 Å². The van der Waals surface area contributed by atoms with Crippen molar-refractivity contribution in [2.24, 2.45) is 58.2 Å². The second-order valence-corrected chi connectivity index (χ2v) is 17.9. The molecule has 13 nitrogen and oxygen atoms in total. The van der Waals surface area contributed by atoms with E-state index in [4.69, 9.17) is 23.7 Å². The van der Waals surface area contributed by atoms with Crippen molar-refractivity contribution in [1.82, 2.24) is 4.90 Å². The number of carboxylic acid groups (broad SMARTS) is 1. The zero-order valence-corrected chi connectivity index (χ0v) is 29.2. The van der Waals surface area contributed by atoms with Crippen LogP contribution in [-0.4, -0.2) is 117 Å². The van der Waals surface area contributed by atoms with E-state index in [9.17, 15) is 35.1 Å². The van der Waals surface area contributed by atoms with E-state index in [1.54, 1.807) is 6.08 Å². The van der Waals surface area contributed by atoms with Gasteiger partial charge >= 0.3 is 11.9 Å². The van der Waals surface area contributed by atoms with E-state index in [0.29, 0.717) is 41.7 Å². The average molecular weight is 714 g/mol. The van der Waals surface area contributed by atoms with Crippen molar-refractivity contribution < 1.29 is 58.8 Å². The Morgan fingerprint density at radius 2 is 1.82 bits per heavy atom. The van der Waals surface area contributed by atoms with Crippen LogP contribution in [0.25, 0.3) is 0 Å². The summed E-state index contributed by atoms with van der Waals surface area (Å²) in [5.41, 5.74) is 0.236. The number of aliphatic hydroxyl groups is 4. The Morgan fingerprint density at radius 3 is 2.59 bits per heavy atom. The predicted octanol–water partition coefficient (Wildman–Crippen LogP) is 1.52. The van der Waals surface area contributed by atoms with Crippen molar-refractivity contribution >= 4 is 11.9 Å². The maximum Gasteiger partial charge on any atom is 0.335 e. The Bertz CT molecular complexity index is 1570. The summed E-state index contributed by atoms with van der Waals surface area (Å²) in [5.74, 6) is -0.819. The zero-order chi connectivity index (χ0) is 35.4. The molecule has 0 aromatic carbocycles. The lowest BCUT2D eigenvalue weighted by atomic mass is 9.40. The van der Waals surface area contributed by atoms with E-state index >= 15 is 0 Å². The number of hydrogen-bond acceptors (Lipinski definition) is 12. The quantitative estimate of drug-likeness (QED) is 0.189. The van der Waals surface area contributed by atoms with E-state index < -0.39 is 54.8 Å². The molecule has 10 fully saturated rings. The van der Waals surface area contributed by atoms with Gasteiger partial charge in [-0.1, -0.05) is 19.9 Å². The summed E-state index contributed by atoms with van der Waals surface area (Å²) in [7, 11) is 0. The first-order valence-electron chi connectivity index (χ1n) is 19.3. The fourth-order valence-electron chi connectivity index (χ4n) is 14.5. The van der Waals surface area contributed by atoms with E-state index in [1.807, 2.05) is 0 Å². The van der Waals surface area contributed by atoms with Crippen LogP contribution in [0.4, 0.5) is 0 Å². The van der Waals surface area contributed by atoms with Gasteiger partial charge in [0.2, 0.25) is 6.29 Å². The average Bonchev–Trinajstić information content (AvgIpc) is 3.83. The standard InChI is InChI=1S/C38H51NO12/c1-16-12-39-30-19(16)9-10-36(2)24-8-5-18-4-7-23-21(11-37(30,36)38(18,23)51-31(24)39)33(46)47-15-25-27(41)28(42)29(43)35(49-25)50-34-26-17(13-40)3-6-20(26)22(14-48-34)32(44)45/h3,14,16,18-21,23-31,34-35,40-43H,4-13,15H2,1-2H3,(H,44,45)/t16-,18-,19-,20-,21-,23-,24-,25-,26-,27-,28+,29-,30+,31-,34+,35+,36+,37+,38-/m1/s1. The summed E-state index contributed by atoms with van der Waals surface area (Å²) < 4.78 is 31.2. The maximum atomic E-state index is 14.4. The van der Waals surface area contributed by atoms with Gasteiger partial charge in [0, 0.05) is 35.8 Å². The fraction of sp³-hybridized carbons (Fsp3) is 0.842. The number of aliphatic carboxylic acids is 1. The van der Waals surface area contributed by atoms with Gasteiger partial charge in [-0.25, -0.2) is 4.79 Å². The van der Waals surface area contributed by atoms with Gasteiger partial charge in [0.25, 0.3) is 0 Å². The Labute approximate surface area is 296 Å². The molecule has 0 aromatic rings. The molecule has 4 saturated carbocycles. The van der Waals surface area contributed by atoms with E-state index in [-0.39, 0.29) is 59.3 Å². The molecule has 19 atom stereocenters. The topological polar surface area (TPSA) is 185 Å². The number of ether oxygens (including phenoxy) is 5. The monoisotopic (exact) mass is 713 g/mol. The van der Waals surface area contributed by atoms with Crippen molar-refractivity contribution in [3.8, 4) is 0 Å². The normalized spacial score (nSPS) is 55.8. The largest absolute Gasteiger partial charge is 0.478 e. The van der Waals surface area contributed by atoms with Crippen molar-refractivity contribution in [2.45, 2.75) is 120 Å². The molecular formula is C38H51NO12. The molecule has 12 aliphatic rings. The van der Waals surface area contributed by atoms with Gasteiger partial charge in [-0.05, 0) is 80.1 Å². The van der Waals surface area contributed by atoms with Crippen LogP contribution in [0.2, 0.25) is 0 Å². The Kier molecular flexibility index (Phi) is 7.36. The summed E-state index contributed by atoms with van der Waals surface area (Å²) in [6.45, 7) is 5.30. The highest BCUT2D eigenvalue weighted by atomic mass is 16.8. The number of carbonyl (C=O) groups is 2. The minimum atomic E-state index is -1.68. The Hall–Kier alpha value is -2.10. The van der Waals surface area contributed by atoms with Crippen molar-refractivity contribution in [2.75, 3.05) is 19.8 Å². The zero-order valence-electron chi connectivity index (χ0n) is 29.2. The molecule has 6 saturated heterocycles. The molecule has 7 heterocycles. The molecular weight excluding hydrogens is 662 g/mol. The Balaban J connectivity index is 0.889. The van der Waals surface area contributed by atoms with Crippen molar-refractivity contribution in [3.63, 3.8) is 0 Å². The summed E-state index contributed by atoms with van der Waals surface area (Å²) in [6.07, 6.45) is 2.09. The van der Waals surface area contributed by atoms with Gasteiger partial charge in [-0.2, -0.15) is 0 Å². The first-order valence-corrected chi connectivity index (χ1v) is 19.3. The van der Waals surface area contributed by atoms with Crippen LogP contribution in [0.1, 0.15) is 65.2 Å². The second kappa shape index (κ2) is 11.2. The number of piperidine rings is 1. The van der Waals surface area contributed by atoms with Crippen molar-refractivity contribution in [3.05, 3.63) is 23.5 Å². The molecule has 6 bridgehead atoms. The fourth-order valence-corrected chi connectivity index (χ4v) is 14.5. The minimum Gasteiger partial charge on any atom is -0.478 e. The highest BCUT2D eigenvalue weighted by molar-refractivity contribution is 5.87. The molecule has 2 spiro atoms. The highest BCUT2D eigenvalue weighted by Crippen LogP contribution is 2.84. The summed E-state index contributed by atoms with van der Waals surface area (Å²) in [5, 5.41) is 52.4. The molecule has 5 aliphatic carbocycles. The SMILES string of the molecule is C[C@@H]1CN2[C@@H]3O[C@]45[C@@H]6CC[C@@H]4[C@H](C(=O)OC[C@H]4O[C@@H](O[C@@H]7OC=C(C(=O)O)[C@H]8CC=C(CO)[C@@H]78)[C@H](O)[C@@H](O)[C@@H]4O)C[C@@]54[C@@H]2[C@@H]1CC[C@@]4(C)[C@@H]3CC6. The minimum absolute atomic E-state index is 0.0450. The number of hydrogen-bond donors (Lipinski definition) is 5. The molecule has 13 heteroatoms. The van der Waals surface area contributed by atoms with E-state index in [2.05, 4.69) is 18.7 Å². The molecule has 280 valence electrons. The van der Waals surface area contributed by atoms with Crippen LogP contribution in [0.15, 0.2) is 23.5 Å². The highest BCUT2D eigenvalue weighted by Gasteiger charge is 2.88. The number of allylic oxidation sites excluding steroid dienone is 1. The predicted molar refractivity (Wildman–Crippen MR) is 174 cm³/mol. The third-order valence-corrected chi connectivity index (χ3v) is 16.4. The molecule has 7 aliphatic heterocycles. The van der Waals surface area contributed by atoms with Crippen LogP contribution in [0, 0.1) is 58.2 Å². The van der Waals surface area contributed by atoms with Crippen LogP contribution in [0.3, 0.4) is 0 Å². The lowest BCUT2D eigenvalue weighted by Crippen LogP contribution is -2.81. The van der Waals surface area contributed by atoms with Gasteiger partial charge in [0.1, 0.15) is 37.3 Å². The van der Waals surface area contributed by atoms with Crippen LogP contribution in [-0.2, 0) is 33.3 Å². The third-order valence-electron chi connectivity index (χ3n) is 16.4. The molecule has 0 aromatic heterocycles. The number of carbonyl (C=O) groups excluding carboxylic acids is 1. The molecule has 12 rings (SSSR count). The smallest absolute Gasteiger partial charge is 0.335 e. The lowest BCUT2D eigenvalue weighted by Gasteiger charge is -2.76. The first kappa shape index (κ1) is 33.5. The summed E-state index contributed by atoms with van der Waals surface area (Å²) in [6, 6.07) is 0.419. The summed E-state index contributed by atoms with van der Waals surface area (Å²) in [4.78, 5) is 28.9. The molecule has 0 radical (unpaired) electrons. The Morgan fingerprint density at radius 1 is 1.04 bits per heavy atom. The molecule has 0 amide bonds. The number of aliphatic hydroxyl groups excluding tert-OH is 4. The van der Waals surface area contributed by atoms with Gasteiger partial charge in [-0.3, -0.25) is 9.69 Å². The first-order chi connectivity index (χ1) is 24.5. The summed E-state index contributed by atoms with van der Waals surface area (Å²) >= 11 is 0. The second-order valence-electron chi connectivity index (χ2n) is 17.9. The third kappa shape index (κ3) is 4.00. The van der Waals surface area contributed by atoms with Crippen LogP contribution < -0.4 is 0 Å². The molecule has 51 heavy (non-hydrogen) atoms. The number of carboxylic acids is 1. The maximum absolute atomic E-state index is 14.4. The molecule has 0 unspecified atom stereocenters. The number of esters is 1. The van der Waals surface area contributed by atoms with Gasteiger partial charge in [-0.15, -0.1) is 0 Å². The molecule has 5 N–H and O–H groups in total. The van der Waals surface area contributed by atoms with Crippen LogP contribution in [0.5, 0.6) is 0 Å². The number of nitrogens with zero attached hydrogens (tertiary/aromatic N) is 1. The lowest BCUT2D eigenvalue weighted by molar-refractivity contribution is -0.392. The van der Waals surface area contributed by atoms with Gasteiger partial charge < -0.3 is 49.2 Å².